The average molecular weight is 380 g/mol. The lowest BCUT2D eigenvalue weighted by molar-refractivity contribution is -0.133. The minimum atomic E-state index is -0.149. The molecular formula is C23H25NO2S. The SMILES string of the molecule is O=C1[C@@H]2[C@H](C(=O)N1c1ccccc1)[C@H]1C=C[C@H]2C2(CCCC2)[C@@]12CCCS2. The fraction of sp³-hybridized carbons (Fsp3) is 0.565. The van der Waals surface area contributed by atoms with Crippen LogP contribution in [0.25, 0.3) is 0 Å². The van der Waals surface area contributed by atoms with Gasteiger partial charge in [0.25, 0.3) is 0 Å². The smallest absolute Gasteiger partial charge is 0.238 e. The summed E-state index contributed by atoms with van der Waals surface area (Å²) < 4.78 is 0.187. The summed E-state index contributed by atoms with van der Waals surface area (Å²) in [6.07, 6.45) is 12.2. The van der Waals surface area contributed by atoms with E-state index in [9.17, 15) is 9.59 Å². The number of hydrogen-bond donors (Lipinski definition) is 0. The summed E-state index contributed by atoms with van der Waals surface area (Å²) in [6, 6.07) is 9.56. The van der Waals surface area contributed by atoms with Crippen LogP contribution in [0.4, 0.5) is 5.69 Å². The van der Waals surface area contributed by atoms with Crippen LogP contribution in [0, 0.1) is 29.1 Å². The molecule has 2 spiro atoms. The van der Waals surface area contributed by atoms with Gasteiger partial charge in [-0.3, -0.25) is 14.5 Å². The summed E-state index contributed by atoms with van der Waals surface area (Å²) in [6.45, 7) is 0. The van der Waals surface area contributed by atoms with E-state index in [2.05, 4.69) is 23.9 Å². The molecule has 4 heteroatoms. The molecule has 2 aliphatic heterocycles. The first kappa shape index (κ1) is 16.4. The number of benzene rings is 1. The zero-order valence-corrected chi connectivity index (χ0v) is 16.3. The summed E-state index contributed by atoms with van der Waals surface area (Å²) in [5.74, 6) is 1.49. The number of anilines is 1. The van der Waals surface area contributed by atoms with Gasteiger partial charge in [0.05, 0.1) is 17.5 Å². The highest BCUT2D eigenvalue weighted by atomic mass is 32.2. The predicted octanol–water partition coefficient (Wildman–Crippen LogP) is 4.43. The molecule has 2 saturated heterocycles. The maximum atomic E-state index is 13.5. The second-order valence-corrected chi connectivity index (χ2v) is 10.5. The molecule has 7 rings (SSSR count). The molecule has 2 saturated carbocycles. The Balaban J connectivity index is 1.50. The summed E-state index contributed by atoms with van der Waals surface area (Å²) in [5.41, 5.74) is 0.979. The second kappa shape index (κ2) is 5.50. The second-order valence-electron chi connectivity index (χ2n) is 9.04. The van der Waals surface area contributed by atoms with Crippen LogP contribution in [0.3, 0.4) is 0 Å². The standard InChI is InChI=1S/C23H25NO2S/c25-20-18-16-9-10-17(19(18)21(26)24(20)15-7-2-1-3-8-15)23(13-6-14-27-23)22(16)11-4-5-12-22/h1-3,7-10,16-19H,4-6,11-14H2/t16-,17-,18+,19-,23-/m1/s1. The molecule has 0 aromatic heterocycles. The third kappa shape index (κ3) is 1.81. The van der Waals surface area contributed by atoms with Crippen molar-refractivity contribution in [1.29, 1.82) is 0 Å². The van der Waals surface area contributed by atoms with Gasteiger partial charge in [0.15, 0.2) is 0 Å². The highest BCUT2D eigenvalue weighted by Crippen LogP contribution is 2.73. The van der Waals surface area contributed by atoms with Crippen molar-refractivity contribution < 1.29 is 9.59 Å². The molecule has 2 bridgehead atoms. The lowest BCUT2D eigenvalue weighted by Gasteiger charge is -2.62. The summed E-state index contributed by atoms with van der Waals surface area (Å²) in [7, 11) is 0. The van der Waals surface area contributed by atoms with Gasteiger partial charge in [0, 0.05) is 10.7 Å². The number of nitrogens with zero attached hydrogens (tertiary/aromatic N) is 1. The molecule has 0 N–H and O–H groups in total. The Morgan fingerprint density at radius 2 is 1.52 bits per heavy atom. The van der Waals surface area contributed by atoms with Gasteiger partial charge in [-0.2, -0.15) is 11.8 Å². The topological polar surface area (TPSA) is 37.4 Å². The van der Waals surface area contributed by atoms with E-state index in [1.54, 1.807) is 0 Å². The predicted molar refractivity (Wildman–Crippen MR) is 107 cm³/mol. The highest BCUT2D eigenvalue weighted by molar-refractivity contribution is 8.01. The Bertz CT molecular complexity index is 785. The van der Waals surface area contributed by atoms with Crippen molar-refractivity contribution in [2.45, 2.75) is 43.3 Å². The molecule has 4 fully saturated rings. The van der Waals surface area contributed by atoms with Crippen molar-refractivity contribution >= 4 is 29.3 Å². The van der Waals surface area contributed by atoms with Crippen molar-refractivity contribution in [1.82, 2.24) is 0 Å². The third-order valence-corrected chi connectivity index (χ3v) is 10.2. The maximum absolute atomic E-state index is 13.5. The molecule has 27 heavy (non-hydrogen) atoms. The third-order valence-electron chi connectivity index (χ3n) is 8.28. The van der Waals surface area contributed by atoms with Gasteiger partial charge < -0.3 is 0 Å². The van der Waals surface area contributed by atoms with Crippen LogP contribution in [-0.4, -0.2) is 22.3 Å². The fourth-order valence-electron chi connectivity index (χ4n) is 7.44. The number of carbonyl (C=O) groups excluding carboxylic acids is 2. The average Bonchev–Trinajstić information content (AvgIpc) is 3.42. The van der Waals surface area contributed by atoms with Crippen LogP contribution in [-0.2, 0) is 9.59 Å². The molecule has 5 atom stereocenters. The van der Waals surface area contributed by atoms with Crippen molar-refractivity contribution in [3.63, 3.8) is 0 Å². The summed E-state index contributed by atoms with van der Waals surface area (Å²) in [5, 5.41) is 0. The van der Waals surface area contributed by atoms with E-state index >= 15 is 0 Å². The Kier molecular flexibility index (Phi) is 3.34. The first-order valence-electron chi connectivity index (χ1n) is 10.4. The van der Waals surface area contributed by atoms with Gasteiger partial charge in [-0.15, -0.1) is 0 Å². The number of allylic oxidation sites excluding steroid dienone is 2. The van der Waals surface area contributed by atoms with Crippen LogP contribution >= 0.6 is 11.8 Å². The van der Waals surface area contributed by atoms with E-state index in [-0.39, 0.29) is 45.6 Å². The minimum absolute atomic E-state index is 0.0512. The number of thioether (sulfide) groups is 1. The first-order chi connectivity index (χ1) is 13.2. The summed E-state index contributed by atoms with van der Waals surface area (Å²) >= 11 is 2.14. The van der Waals surface area contributed by atoms with Gasteiger partial charge in [-0.05, 0) is 54.9 Å². The van der Waals surface area contributed by atoms with E-state index in [1.807, 2.05) is 30.3 Å². The maximum Gasteiger partial charge on any atom is 0.238 e. The molecule has 6 aliphatic rings. The molecule has 3 nitrogen and oxygen atoms in total. The van der Waals surface area contributed by atoms with E-state index in [1.165, 1.54) is 49.2 Å². The molecule has 140 valence electrons. The van der Waals surface area contributed by atoms with Crippen molar-refractivity contribution in [2.24, 2.45) is 29.1 Å². The van der Waals surface area contributed by atoms with Crippen molar-refractivity contribution in [2.75, 3.05) is 10.7 Å². The van der Waals surface area contributed by atoms with Crippen LogP contribution in [0.5, 0.6) is 0 Å². The molecule has 0 radical (unpaired) electrons. The van der Waals surface area contributed by atoms with E-state index in [0.29, 0.717) is 0 Å². The monoisotopic (exact) mass is 379 g/mol. The molecular weight excluding hydrogens is 354 g/mol. The Labute approximate surface area is 164 Å². The largest absolute Gasteiger partial charge is 0.274 e. The Morgan fingerprint density at radius 3 is 2.19 bits per heavy atom. The molecule has 1 aromatic carbocycles. The number of hydrogen-bond acceptors (Lipinski definition) is 3. The zero-order chi connectivity index (χ0) is 18.2. The minimum Gasteiger partial charge on any atom is -0.274 e. The fourth-order valence-corrected chi connectivity index (χ4v) is 9.43. The number of amides is 2. The van der Waals surface area contributed by atoms with Crippen LogP contribution in [0.15, 0.2) is 42.5 Å². The highest BCUT2D eigenvalue weighted by Gasteiger charge is 2.73. The van der Waals surface area contributed by atoms with Crippen LogP contribution in [0.2, 0.25) is 0 Å². The van der Waals surface area contributed by atoms with E-state index < -0.39 is 0 Å². The quantitative estimate of drug-likeness (QED) is 0.535. The molecule has 2 heterocycles. The van der Waals surface area contributed by atoms with E-state index in [0.717, 1.165) is 5.69 Å². The Morgan fingerprint density at radius 1 is 0.852 bits per heavy atom. The Hall–Kier alpha value is -1.55. The van der Waals surface area contributed by atoms with Crippen molar-refractivity contribution in [3.8, 4) is 0 Å². The molecule has 0 unspecified atom stereocenters. The zero-order valence-electron chi connectivity index (χ0n) is 15.5. The van der Waals surface area contributed by atoms with Crippen LogP contribution in [0.1, 0.15) is 38.5 Å². The lowest BCUT2D eigenvalue weighted by atomic mass is 9.45. The lowest BCUT2D eigenvalue weighted by Crippen LogP contribution is -2.63. The summed E-state index contributed by atoms with van der Waals surface area (Å²) in [4.78, 5) is 28.6. The first-order valence-corrected chi connectivity index (χ1v) is 11.4. The normalized spacial score (nSPS) is 41.3. The number of para-hydroxylation sites is 1. The van der Waals surface area contributed by atoms with Gasteiger partial charge in [0.1, 0.15) is 0 Å². The molecule has 2 amide bonds. The van der Waals surface area contributed by atoms with Gasteiger partial charge in [-0.1, -0.05) is 43.2 Å². The van der Waals surface area contributed by atoms with Crippen LogP contribution < -0.4 is 4.90 Å². The van der Waals surface area contributed by atoms with E-state index in [4.69, 9.17) is 0 Å². The van der Waals surface area contributed by atoms with Crippen molar-refractivity contribution in [3.05, 3.63) is 42.5 Å². The number of rotatable bonds is 1. The number of imide groups is 1. The van der Waals surface area contributed by atoms with Gasteiger partial charge >= 0.3 is 0 Å². The molecule has 4 aliphatic carbocycles. The van der Waals surface area contributed by atoms with Gasteiger partial charge in [-0.25, -0.2) is 0 Å². The van der Waals surface area contributed by atoms with Gasteiger partial charge in [0.2, 0.25) is 11.8 Å². The number of carbonyl (C=O) groups is 2. The molecule has 1 aromatic rings.